The molecule has 0 aromatic carbocycles. The molecule has 3 aromatic heterocycles. The number of ether oxygens (including phenoxy) is 1. The first-order valence-corrected chi connectivity index (χ1v) is 9.36. The zero-order valence-electron chi connectivity index (χ0n) is 16.1. The average molecular weight is 381 g/mol. The molecule has 0 fully saturated rings. The van der Waals surface area contributed by atoms with Crippen molar-refractivity contribution >= 4 is 5.91 Å². The van der Waals surface area contributed by atoms with Crippen LogP contribution in [0.1, 0.15) is 33.9 Å². The number of carbonyl (C=O) groups excluding carboxylic acids is 1. The monoisotopic (exact) mass is 381 g/mol. The number of hydrogen-bond acceptors (Lipinski definition) is 6. The van der Waals surface area contributed by atoms with Crippen LogP contribution in [-0.2, 0) is 24.2 Å². The van der Waals surface area contributed by atoms with Crippen LogP contribution in [-0.4, -0.2) is 50.8 Å². The van der Waals surface area contributed by atoms with Gasteiger partial charge in [0.05, 0.1) is 6.54 Å². The molecule has 0 unspecified atom stereocenters. The number of oxazole rings is 1. The second-order valence-electron chi connectivity index (χ2n) is 6.86. The van der Waals surface area contributed by atoms with E-state index in [-0.39, 0.29) is 5.91 Å². The fourth-order valence-corrected chi connectivity index (χ4v) is 3.57. The minimum absolute atomic E-state index is 0.0624. The summed E-state index contributed by atoms with van der Waals surface area (Å²) in [5.41, 5.74) is 4.94. The summed E-state index contributed by atoms with van der Waals surface area (Å²) in [6, 6.07) is 5.51. The Morgan fingerprint density at radius 3 is 3.00 bits per heavy atom. The second kappa shape index (κ2) is 7.93. The maximum absolute atomic E-state index is 13.0. The summed E-state index contributed by atoms with van der Waals surface area (Å²) in [5.74, 6) is -0.0624. The largest absolute Gasteiger partial charge is 0.451 e. The molecule has 28 heavy (non-hydrogen) atoms. The molecular weight excluding hydrogens is 358 g/mol. The predicted molar refractivity (Wildman–Crippen MR) is 102 cm³/mol. The quantitative estimate of drug-likeness (QED) is 0.610. The first-order chi connectivity index (χ1) is 13.7. The van der Waals surface area contributed by atoms with Crippen LogP contribution in [0.25, 0.3) is 11.4 Å². The molecule has 1 aliphatic rings. The summed E-state index contributed by atoms with van der Waals surface area (Å²) < 4.78 is 12.3. The molecule has 0 saturated carbocycles. The van der Waals surface area contributed by atoms with Gasteiger partial charge in [-0.1, -0.05) is 6.07 Å². The molecule has 0 radical (unpaired) electrons. The number of methoxy groups -OCH3 is 1. The van der Waals surface area contributed by atoms with Gasteiger partial charge in [0.15, 0.2) is 6.39 Å². The summed E-state index contributed by atoms with van der Waals surface area (Å²) in [6.45, 7) is 4.45. The third-order valence-electron chi connectivity index (χ3n) is 4.92. The van der Waals surface area contributed by atoms with Gasteiger partial charge in [-0.25, -0.2) is 9.97 Å². The van der Waals surface area contributed by atoms with Crippen molar-refractivity contribution in [3.63, 3.8) is 0 Å². The predicted octanol–water partition coefficient (Wildman–Crippen LogP) is 2.48. The summed E-state index contributed by atoms with van der Waals surface area (Å²) >= 11 is 0. The lowest BCUT2D eigenvalue weighted by molar-refractivity contribution is 0.0727. The van der Waals surface area contributed by atoms with E-state index in [0.717, 1.165) is 42.0 Å². The first-order valence-electron chi connectivity index (χ1n) is 9.36. The van der Waals surface area contributed by atoms with Crippen molar-refractivity contribution < 1.29 is 13.9 Å². The number of fused-ring (bicyclic) bond motifs is 1. The van der Waals surface area contributed by atoms with E-state index < -0.39 is 0 Å². The Bertz CT molecular complexity index is 964. The number of hydrogen-bond donors (Lipinski definition) is 0. The molecule has 4 rings (SSSR count). The highest BCUT2D eigenvalue weighted by Gasteiger charge is 2.29. The highest BCUT2D eigenvalue weighted by atomic mass is 16.5. The summed E-state index contributed by atoms with van der Waals surface area (Å²) in [7, 11) is 1.70. The first kappa shape index (κ1) is 18.4. The van der Waals surface area contributed by atoms with Gasteiger partial charge in [0, 0.05) is 50.2 Å². The van der Waals surface area contributed by atoms with E-state index in [1.54, 1.807) is 19.4 Å². The number of aromatic nitrogens is 4. The molecule has 0 saturated heterocycles. The topological polar surface area (TPSA) is 86.3 Å². The van der Waals surface area contributed by atoms with E-state index in [9.17, 15) is 4.79 Å². The van der Waals surface area contributed by atoms with Crippen molar-refractivity contribution in [3.05, 3.63) is 53.5 Å². The third-order valence-corrected chi connectivity index (χ3v) is 4.92. The zero-order valence-corrected chi connectivity index (χ0v) is 16.1. The van der Waals surface area contributed by atoms with Gasteiger partial charge in [0.1, 0.15) is 23.3 Å². The summed E-state index contributed by atoms with van der Waals surface area (Å²) in [4.78, 5) is 23.4. The van der Waals surface area contributed by atoms with Crippen molar-refractivity contribution in [2.45, 2.75) is 32.9 Å². The molecule has 4 heterocycles. The smallest absolute Gasteiger partial charge is 0.272 e. The van der Waals surface area contributed by atoms with Gasteiger partial charge in [0.25, 0.3) is 5.91 Å². The molecule has 0 N–H and O–H groups in total. The van der Waals surface area contributed by atoms with E-state index in [1.165, 1.54) is 6.39 Å². The molecule has 8 nitrogen and oxygen atoms in total. The van der Waals surface area contributed by atoms with Crippen LogP contribution in [0.2, 0.25) is 0 Å². The molecule has 0 aliphatic carbocycles. The van der Waals surface area contributed by atoms with Crippen molar-refractivity contribution in [1.82, 2.24) is 24.6 Å². The van der Waals surface area contributed by atoms with E-state index in [1.807, 2.05) is 28.6 Å². The van der Waals surface area contributed by atoms with Crippen LogP contribution in [0.15, 0.2) is 35.3 Å². The number of aryl methyl sites for hydroxylation is 2. The highest BCUT2D eigenvalue weighted by Crippen LogP contribution is 2.30. The van der Waals surface area contributed by atoms with E-state index in [2.05, 4.69) is 9.97 Å². The van der Waals surface area contributed by atoms with Gasteiger partial charge in [-0.3, -0.25) is 9.48 Å². The lowest BCUT2D eigenvalue weighted by Crippen LogP contribution is -2.37. The van der Waals surface area contributed by atoms with Crippen molar-refractivity contribution in [1.29, 1.82) is 0 Å². The van der Waals surface area contributed by atoms with Gasteiger partial charge < -0.3 is 14.1 Å². The normalized spacial score (nSPS) is 13.6. The Morgan fingerprint density at radius 2 is 2.25 bits per heavy atom. The lowest BCUT2D eigenvalue weighted by Gasteiger charge is -2.27. The molecule has 1 aliphatic heterocycles. The SMILES string of the molecule is COCCCn1nc(-c2cocn2)c2c1CCN(C(=O)c1cccc(C)n1)C2. The van der Waals surface area contributed by atoms with Crippen LogP contribution in [0.3, 0.4) is 0 Å². The molecule has 0 bridgehead atoms. The van der Waals surface area contributed by atoms with Crippen molar-refractivity contribution in [2.75, 3.05) is 20.3 Å². The second-order valence-corrected chi connectivity index (χ2v) is 6.86. The maximum atomic E-state index is 13.0. The zero-order chi connectivity index (χ0) is 19.5. The summed E-state index contributed by atoms with van der Waals surface area (Å²) in [6.07, 6.45) is 4.60. The van der Waals surface area contributed by atoms with Crippen LogP contribution in [0, 0.1) is 6.92 Å². The number of rotatable bonds is 6. The van der Waals surface area contributed by atoms with Gasteiger partial charge in [-0.2, -0.15) is 5.10 Å². The minimum Gasteiger partial charge on any atom is -0.451 e. The molecular formula is C20H23N5O3. The molecule has 0 spiro atoms. The van der Waals surface area contributed by atoms with Crippen LogP contribution in [0.4, 0.5) is 0 Å². The average Bonchev–Trinajstić information content (AvgIpc) is 3.35. The molecule has 3 aromatic rings. The Labute approximate surface area is 163 Å². The number of amides is 1. The Hall–Kier alpha value is -3.00. The number of pyridine rings is 1. The van der Waals surface area contributed by atoms with Gasteiger partial charge >= 0.3 is 0 Å². The third kappa shape index (κ3) is 3.55. The highest BCUT2D eigenvalue weighted by molar-refractivity contribution is 5.92. The minimum atomic E-state index is -0.0624. The Morgan fingerprint density at radius 1 is 1.36 bits per heavy atom. The molecule has 8 heteroatoms. The molecule has 0 atom stereocenters. The van der Waals surface area contributed by atoms with Crippen molar-refractivity contribution in [3.8, 4) is 11.4 Å². The van der Waals surface area contributed by atoms with Crippen LogP contribution >= 0.6 is 0 Å². The van der Waals surface area contributed by atoms with Gasteiger partial charge in [-0.05, 0) is 25.5 Å². The standard InChI is InChI=1S/C20H23N5O3/c1-14-5-3-6-16(22-14)20(26)24-9-7-18-15(11-24)19(17-12-28-13-21-17)23-25(18)8-4-10-27-2/h3,5-6,12-13H,4,7-11H2,1-2H3. The maximum Gasteiger partial charge on any atom is 0.272 e. The fourth-order valence-electron chi connectivity index (χ4n) is 3.57. The van der Waals surface area contributed by atoms with Gasteiger partial charge in [0.2, 0.25) is 0 Å². The number of nitrogens with zero attached hydrogens (tertiary/aromatic N) is 5. The number of carbonyl (C=O) groups is 1. The fraction of sp³-hybridized carbons (Fsp3) is 0.400. The molecule has 1 amide bonds. The Kier molecular flexibility index (Phi) is 5.21. The van der Waals surface area contributed by atoms with E-state index >= 15 is 0 Å². The van der Waals surface area contributed by atoms with E-state index in [4.69, 9.17) is 14.3 Å². The Balaban J connectivity index is 1.64. The summed E-state index contributed by atoms with van der Waals surface area (Å²) in [5, 5.41) is 4.77. The molecule has 146 valence electrons. The lowest BCUT2D eigenvalue weighted by atomic mass is 10.0. The van der Waals surface area contributed by atoms with Crippen molar-refractivity contribution in [2.24, 2.45) is 0 Å². The van der Waals surface area contributed by atoms with Crippen LogP contribution in [0.5, 0.6) is 0 Å². The van der Waals surface area contributed by atoms with Crippen LogP contribution < -0.4 is 0 Å². The van der Waals surface area contributed by atoms with E-state index in [0.29, 0.717) is 31.1 Å². The van der Waals surface area contributed by atoms with Gasteiger partial charge in [-0.15, -0.1) is 0 Å².